The van der Waals surface area contributed by atoms with Crippen LogP contribution in [0.15, 0.2) is 88.3 Å². The predicted octanol–water partition coefficient (Wildman–Crippen LogP) is 5.27. The second-order valence-electron chi connectivity index (χ2n) is 7.96. The van der Waals surface area contributed by atoms with Crippen molar-refractivity contribution >= 4 is 50.7 Å². The van der Waals surface area contributed by atoms with E-state index in [0.29, 0.717) is 11.4 Å². The Kier molecular flexibility index (Phi) is 4.96. The average molecular weight is 465 g/mol. The monoisotopic (exact) mass is 464 g/mol. The van der Waals surface area contributed by atoms with Gasteiger partial charge in [0.15, 0.2) is 6.61 Å². The van der Waals surface area contributed by atoms with E-state index in [-0.39, 0.29) is 12.5 Å². The van der Waals surface area contributed by atoms with Crippen molar-refractivity contribution in [1.29, 1.82) is 0 Å². The van der Waals surface area contributed by atoms with E-state index < -0.39 is 0 Å². The number of aromatic nitrogens is 1. The summed E-state index contributed by atoms with van der Waals surface area (Å²) < 4.78 is 7.35. The molecule has 0 fully saturated rings. The van der Waals surface area contributed by atoms with Crippen molar-refractivity contribution in [3.8, 4) is 17.0 Å². The van der Waals surface area contributed by atoms with Crippen LogP contribution < -0.4 is 14.9 Å². The van der Waals surface area contributed by atoms with Crippen molar-refractivity contribution in [3.63, 3.8) is 0 Å². The number of benzene rings is 4. The number of ether oxygens (including phenoxy) is 1. The summed E-state index contributed by atoms with van der Waals surface area (Å²) in [5.74, 6) is 0.504. The smallest absolute Gasteiger partial charge is 0.262 e. The summed E-state index contributed by atoms with van der Waals surface area (Å²) in [5.41, 5.74) is 3.52. The van der Waals surface area contributed by atoms with E-state index in [1.54, 1.807) is 7.05 Å². The first kappa shape index (κ1) is 20.4. The van der Waals surface area contributed by atoms with Crippen LogP contribution in [0.5, 0.6) is 5.75 Å². The highest BCUT2D eigenvalue weighted by Gasteiger charge is 2.18. The van der Waals surface area contributed by atoms with Crippen LogP contribution >= 0.6 is 11.3 Å². The Labute approximate surface area is 199 Å². The van der Waals surface area contributed by atoms with E-state index in [2.05, 4.69) is 52.8 Å². The molecule has 5 aromatic rings. The van der Waals surface area contributed by atoms with Gasteiger partial charge in [0.1, 0.15) is 5.75 Å². The maximum Gasteiger partial charge on any atom is 0.262 e. The van der Waals surface area contributed by atoms with Gasteiger partial charge in [0, 0.05) is 23.6 Å². The normalized spacial score (nSPS) is 13.9. The molecule has 1 N–H and O–H groups in total. The third-order valence-corrected chi connectivity index (χ3v) is 6.81. The zero-order valence-electron chi connectivity index (χ0n) is 18.4. The Morgan fingerprint density at radius 3 is 2.47 bits per heavy atom. The molecule has 0 saturated heterocycles. The minimum atomic E-state index is -0.159. The number of amides is 1. The summed E-state index contributed by atoms with van der Waals surface area (Å²) in [5, 5.41) is 14.4. The van der Waals surface area contributed by atoms with Crippen molar-refractivity contribution in [2.24, 2.45) is 10.1 Å². The van der Waals surface area contributed by atoms with E-state index in [9.17, 15) is 4.79 Å². The van der Waals surface area contributed by atoms with E-state index in [0.717, 1.165) is 32.4 Å². The molecule has 1 aromatic heterocycles. The van der Waals surface area contributed by atoms with Crippen LogP contribution in [0, 0.1) is 0 Å². The molecule has 0 bridgehead atoms. The van der Waals surface area contributed by atoms with Crippen LogP contribution in [0.4, 0.5) is 5.69 Å². The summed E-state index contributed by atoms with van der Waals surface area (Å²) in [6, 6.07) is 24.7. The van der Waals surface area contributed by atoms with E-state index >= 15 is 0 Å². The van der Waals surface area contributed by atoms with E-state index in [1.807, 2.05) is 46.6 Å². The lowest BCUT2D eigenvalue weighted by molar-refractivity contribution is -0.118. The van der Waals surface area contributed by atoms with Crippen LogP contribution in [0.25, 0.3) is 32.8 Å². The lowest BCUT2D eigenvalue weighted by atomic mass is 9.97. The molecule has 1 aliphatic rings. The number of fused-ring (bicyclic) bond motifs is 3. The van der Waals surface area contributed by atoms with Gasteiger partial charge in [-0.05, 0) is 45.8 Å². The van der Waals surface area contributed by atoms with Gasteiger partial charge in [-0.1, -0.05) is 48.5 Å². The van der Waals surface area contributed by atoms with Gasteiger partial charge < -0.3 is 10.1 Å². The molecule has 6 rings (SSSR count). The number of nitrogens with zero attached hydrogens (tertiary/aromatic N) is 3. The fourth-order valence-corrected chi connectivity index (χ4v) is 5.11. The lowest BCUT2D eigenvalue weighted by Crippen LogP contribution is -2.25. The first-order chi connectivity index (χ1) is 16.7. The zero-order chi connectivity index (χ0) is 23.1. The SMILES string of the molecule is CN=c1scc(-c2ccc3c(c2)NC(=O)CO3)n1N=Cc1c2ccccc2cc2ccccc12. The number of hydrogen-bond donors (Lipinski definition) is 1. The third-order valence-electron chi connectivity index (χ3n) is 5.90. The molecule has 0 radical (unpaired) electrons. The summed E-state index contributed by atoms with van der Waals surface area (Å²) in [6.07, 6.45) is 1.92. The second-order valence-corrected chi connectivity index (χ2v) is 8.80. The van der Waals surface area contributed by atoms with Crippen LogP contribution in [0.1, 0.15) is 5.56 Å². The molecule has 0 atom stereocenters. The Morgan fingerprint density at radius 1 is 1.00 bits per heavy atom. The van der Waals surface area contributed by atoms with Gasteiger partial charge in [0.2, 0.25) is 4.80 Å². The first-order valence-corrected chi connectivity index (χ1v) is 11.7. The molecule has 7 heteroatoms. The number of thiazole rings is 1. The van der Waals surface area contributed by atoms with Gasteiger partial charge in [-0.15, -0.1) is 11.3 Å². The van der Waals surface area contributed by atoms with Crippen molar-refractivity contribution in [1.82, 2.24) is 4.68 Å². The topological polar surface area (TPSA) is 68.0 Å². The highest BCUT2D eigenvalue weighted by molar-refractivity contribution is 7.07. The third kappa shape index (κ3) is 3.47. The Bertz CT molecular complexity index is 1630. The van der Waals surface area contributed by atoms with Gasteiger partial charge in [-0.2, -0.15) is 5.10 Å². The zero-order valence-corrected chi connectivity index (χ0v) is 19.2. The number of hydrogen-bond acceptors (Lipinski definition) is 5. The minimum Gasteiger partial charge on any atom is -0.482 e. The fourth-order valence-electron chi connectivity index (χ4n) is 4.31. The largest absolute Gasteiger partial charge is 0.482 e. The molecule has 1 amide bonds. The standard InChI is InChI=1S/C27H20N4O2S/c1-28-27-31(24(16-34-27)19-10-11-25-23(13-19)30-26(32)15-33-25)29-14-22-20-8-4-2-6-17(20)12-18-7-3-5-9-21(18)22/h2-14,16H,15H2,1H3,(H,30,32). The molecule has 6 nitrogen and oxygen atoms in total. The highest BCUT2D eigenvalue weighted by atomic mass is 32.1. The summed E-state index contributed by atoms with van der Waals surface area (Å²) in [6.45, 7) is 0.0347. The Balaban J connectivity index is 1.51. The fraction of sp³-hybridized carbons (Fsp3) is 0.0741. The summed E-state index contributed by atoms with van der Waals surface area (Å²) >= 11 is 1.52. The Morgan fingerprint density at radius 2 is 1.74 bits per heavy atom. The maximum absolute atomic E-state index is 11.8. The predicted molar refractivity (Wildman–Crippen MR) is 138 cm³/mol. The van der Waals surface area contributed by atoms with Crippen LogP contribution in [0.3, 0.4) is 0 Å². The molecule has 2 heterocycles. The highest BCUT2D eigenvalue weighted by Crippen LogP contribution is 2.33. The average Bonchev–Trinajstić information content (AvgIpc) is 3.29. The van der Waals surface area contributed by atoms with Gasteiger partial charge in [0.05, 0.1) is 17.6 Å². The van der Waals surface area contributed by atoms with Gasteiger partial charge in [0.25, 0.3) is 5.91 Å². The molecule has 0 aliphatic carbocycles. The second kappa shape index (κ2) is 8.28. The van der Waals surface area contributed by atoms with Crippen molar-refractivity contribution < 1.29 is 9.53 Å². The lowest BCUT2D eigenvalue weighted by Gasteiger charge is -2.18. The molecule has 166 valence electrons. The van der Waals surface area contributed by atoms with Crippen LogP contribution in [-0.4, -0.2) is 30.5 Å². The van der Waals surface area contributed by atoms with Crippen LogP contribution in [0.2, 0.25) is 0 Å². The molecule has 1 aliphatic heterocycles. The van der Waals surface area contributed by atoms with Gasteiger partial charge in [-0.3, -0.25) is 9.79 Å². The number of nitrogens with one attached hydrogen (secondary N) is 1. The Hall–Kier alpha value is -4.23. The number of anilines is 1. The van der Waals surface area contributed by atoms with Gasteiger partial charge in [-0.25, -0.2) is 4.68 Å². The van der Waals surface area contributed by atoms with Crippen molar-refractivity contribution in [2.75, 3.05) is 19.0 Å². The maximum atomic E-state index is 11.8. The van der Waals surface area contributed by atoms with Crippen molar-refractivity contribution in [2.45, 2.75) is 0 Å². The minimum absolute atomic E-state index is 0.0347. The van der Waals surface area contributed by atoms with Crippen molar-refractivity contribution in [3.05, 3.63) is 88.5 Å². The number of carbonyl (C=O) groups excluding carboxylic acids is 1. The van der Waals surface area contributed by atoms with Crippen LogP contribution in [-0.2, 0) is 4.79 Å². The van der Waals surface area contributed by atoms with E-state index in [1.165, 1.54) is 22.1 Å². The quantitative estimate of drug-likeness (QED) is 0.292. The molecular formula is C27H20N4O2S. The molecule has 0 saturated carbocycles. The molecular weight excluding hydrogens is 444 g/mol. The summed E-state index contributed by atoms with van der Waals surface area (Å²) in [7, 11) is 1.76. The molecule has 0 unspecified atom stereocenters. The molecule has 0 spiro atoms. The van der Waals surface area contributed by atoms with Gasteiger partial charge >= 0.3 is 0 Å². The molecule has 34 heavy (non-hydrogen) atoms. The first-order valence-electron chi connectivity index (χ1n) is 10.9. The molecule has 4 aromatic carbocycles. The number of rotatable bonds is 3. The van der Waals surface area contributed by atoms with E-state index in [4.69, 9.17) is 9.84 Å². The number of carbonyl (C=O) groups is 1. The summed E-state index contributed by atoms with van der Waals surface area (Å²) in [4.78, 5) is 17.0.